The number of rotatable bonds is 4. The third-order valence-electron chi connectivity index (χ3n) is 4.35. The molecule has 1 saturated heterocycles. The van der Waals surface area contributed by atoms with E-state index in [1.165, 1.54) is 12.1 Å². The quantitative estimate of drug-likeness (QED) is 0.925. The van der Waals surface area contributed by atoms with Crippen molar-refractivity contribution in [2.75, 3.05) is 0 Å². The first-order valence-corrected chi connectivity index (χ1v) is 7.31. The molecule has 0 radical (unpaired) electrons. The van der Waals surface area contributed by atoms with Gasteiger partial charge in [-0.05, 0) is 37.5 Å². The van der Waals surface area contributed by atoms with Gasteiger partial charge in [-0.3, -0.25) is 9.59 Å². The molecule has 1 heterocycles. The summed E-state index contributed by atoms with van der Waals surface area (Å²) in [5.74, 6) is -0.518. The Morgan fingerprint density at radius 3 is 2.29 bits per heavy atom. The molecule has 5 heteroatoms. The minimum absolute atomic E-state index is 0.0658. The summed E-state index contributed by atoms with van der Waals surface area (Å²) >= 11 is 0. The number of halogens is 1. The molecule has 1 unspecified atom stereocenters. The van der Waals surface area contributed by atoms with E-state index in [0.717, 1.165) is 5.56 Å². The number of nitrogens with one attached hydrogen (secondary N) is 1. The van der Waals surface area contributed by atoms with Crippen LogP contribution in [0.2, 0.25) is 0 Å². The van der Waals surface area contributed by atoms with Crippen molar-refractivity contribution in [1.29, 1.82) is 0 Å². The van der Waals surface area contributed by atoms with Crippen molar-refractivity contribution < 1.29 is 14.0 Å². The summed E-state index contributed by atoms with van der Waals surface area (Å²) in [6.07, 6.45) is 1.11. The van der Waals surface area contributed by atoms with E-state index in [1.807, 2.05) is 13.8 Å². The third-order valence-corrected chi connectivity index (χ3v) is 4.35. The molecule has 114 valence electrons. The number of hydrogen-bond donors (Lipinski definition) is 1. The van der Waals surface area contributed by atoms with Crippen molar-refractivity contribution in [1.82, 2.24) is 10.2 Å². The van der Waals surface area contributed by atoms with E-state index in [0.29, 0.717) is 19.4 Å². The molecule has 0 aliphatic carbocycles. The lowest BCUT2D eigenvalue weighted by molar-refractivity contribution is -0.155. The van der Waals surface area contributed by atoms with Gasteiger partial charge in [0.2, 0.25) is 11.8 Å². The molecule has 2 amide bonds. The first-order valence-electron chi connectivity index (χ1n) is 7.31. The molecule has 0 spiro atoms. The highest BCUT2D eigenvalue weighted by Crippen LogP contribution is 2.26. The van der Waals surface area contributed by atoms with Gasteiger partial charge < -0.3 is 10.2 Å². The lowest BCUT2D eigenvalue weighted by Crippen LogP contribution is -2.69. The minimum atomic E-state index is -0.816. The summed E-state index contributed by atoms with van der Waals surface area (Å²) in [5, 5.41) is 2.86. The Bertz CT molecular complexity index is 538. The largest absolute Gasteiger partial charge is 0.340 e. The fraction of sp³-hybridized carbons (Fsp3) is 0.500. The van der Waals surface area contributed by atoms with Gasteiger partial charge in [-0.25, -0.2) is 4.39 Å². The zero-order chi connectivity index (χ0) is 15.6. The maximum atomic E-state index is 13.0. The molecule has 4 nitrogen and oxygen atoms in total. The summed E-state index contributed by atoms with van der Waals surface area (Å²) in [6, 6.07) is 5.49. The van der Waals surface area contributed by atoms with Crippen LogP contribution in [0.5, 0.6) is 0 Å². The smallest absolute Gasteiger partial charge is 0.249 e. The Hall–Kier alpha value is -1.91. The van der Waals surface area contributed by atoms with Crippen LogP contribution in [0, 0.1) is 5.82 Å². The topological polar surface area (TPSA) is 49.4 Å². The van der Waals surface area contributed by atoms with Crippen molar-refractivity contribution in [2.24, 2.45) is 0 Å². The molecule has 0 aromatic heterocycles. The Balaban J connectivity index is 2.28. The highest BCUT2D eigenvalue weighted by atomic mass is 19.1. The number of carbonyl (C=O) groups is 2. The molecule has 21 heavy (non-hydrogen) atoms. The van der Waals surface area contributed by atoms with Crippen LogP contribution in [-0.2, 0) is 16.1 Å². The Morgan fingerprint density at radius 2 is 1.76 bits per heavy atom. The van der Waals surface area contributed by atoms with Crippen LogP contribution in [0.25, 0.3) is 0 Å². The number of amides is 2. The third kappa shape index (κ3) is 2.77. The van der Waals surface area contributed by atoms with E-state index >= 15 is 0 Å². The molecule has 1 aromatic rings. The van der Waals surface area contributed by atoms with Crippen LogP contribution >= 0.6 is 0 Å². The summed E-state index contributed by atoms with van der Waals surface area (Å²) in [7, 11) is 0. The highest BCUT2D eigenvalue weighted by molar-refractivity contribution is 5.99. The normalized spacial score (nSPS) is 21.3. The van der Waals surface area contributed by atoms with Gasteiger partial charge >= 0.3 is 0 Å². The van der Waals surface area contributed by atoms with Gasteiger partial charge in [0.05, 0.1) is 0 Å². The van der Waals surface area contributed by atoms with E-state index in [2.05, 4.69) is 5.32 Å². The van der Waals surface area contributed by atoms with E-state index in [4.69, 9.17) is 0 Å². The highest BCUT2D eigenvalue weighted by Gasteiger charge is 2.47. The van der Waals surface area contributed by atoms with E-state index in [-0.39, 0.29) is 17.6 Å². The molecule has 2 rings (SSSR count). The average molecular weight is 292 g/mol. The molecule has 1 aliphatic heterocycles. The van der Waals surface area contributed by atoms with Gasteiger partial charge in [-0.2, -0.15) is 0 Å². The number of piperazine rings is 1. The predicted molar refractivity (Wildman–Crippen MR) is 77.9 cm³/mol. The molecule has 0 saturated carbocycles. The second-order valence-corrected chi connectivity index (χ2v) is 5.51. The van der Waals surface area contributed by atoms with Gasteiger partial charge in [-0.1, -0.05) is 26.0 Å². The lowest BCUT2D eigenvalue weighted by atomic mass is 9.87. The van der Waals surface area contributed by atoms with Crippen LogP contribution < -0.4 is 5.32 Å². The Labute approximate surface area is 124 Å². The molecule has 1 aromatic carbocycles. The summed E-state index contributed by atoms with van der Waals surface area (Å²) in [4.78, 5) is 26.5. The molecule has 1 aliphatic rings. The maximum Gasteiger partial charge on any atom is 0.249 e. The zero-order valence-corrected chi connectivity index (χ0v) is 12.6. The Morgan fingerprint density at radius 1 is 1.19 bits per heavy atom. The Kier molecular flexibility index (Phi) is 4.30. The molecule has 1 fully saturated rings. The number of nitrogens with zero attached hydrogens (tertiary/aromatic N) is 1. The predicted octanol–water partition coefficient (Wildman–Crippen LogP) is 2.23. The second kappa shape index (κ2) is 5.84. The SMILES string of the molecule is CCC1(CC)NC(=O)C(C)N(Cc2ccc(F)cc2)C1=O. The van der Waals surface area contributed by atoms with Crippen molar-refractivity contribution in [3.8, 4) is 0 Å². The van der Waals surface area contributed by atoms with Crippen LogP contribution in [0.3, 0.4) is 0 Å². The van der Waals surface area contributed by atoms with Crippen LogP contribution in [-0.4, -0.2) is 28.3 Å². The fourth-order valence-electron chi connectivity index (χ4n) is 2.71. The van der Waals surface area contributed by atoms with Crippen molar-refractivity contribution in [2.45, 2.75) is 51.7 Å². The zero-order valence-electron chi connectivity index (χ0n) is 12.6. The number of benzene rings is 1. The van der Waals surface area contributed by atoms with Crippen LogP contribution in [0.1, 0.15) is 39.2 Å². The number of carbonyl (C=O) groups excluding carboxylic acids is 2. The summed E-state index contributed by atoms with van der Waals surface area (Å²) < 4.78 is 13.0. The van der Waals surface area contributed by atoms with Crippen LogP contribution in [0.15, 0.2) is 24.3 Å². The first kappa shape index (κ1) is 15.5. The molecule has 1 atom stereocenters. The van der Waals surface area contributed by atoms with E-state index in [9.17, 15) is 14.0 Å². The van der Waals surface area contributed by atoms with Gasteiger partial charge in [-0.15, -0.1) is 0 Å². The monoisotopic (exact) mass is 292 g/mol. The van der Waals surface area contributed by atoms with Crippen molar-refractivity contribution >= 4 is 11.8 Å². The molecule has 0 bridgehead atoms. The molecular weight excluding hydrogens is 271 g/mol. The fourth-order valence-corrected chi connectivity index (χ4v) is 2.71. The van der Waals surface area contributed by atoms with Crippen LogP contribution in [0.4, 0.5) is 4.39 Å². The van der Waals surface area contributed by atoms with Gasteiger partial charge in [0.25, 0.3) is 0 Å². The first-order chi connectivity index (χ1) is 9.93. The molecular formula is C16H21FN2O2. The average Bonchev–Trinajstić information content (AvgIpc) is 2.49. The van der Waals surface area contributed by atoms with Crippen molar-refractivity contribution in [3.05, 3.63) is 35.6 Å². The standard InChI is InChI=1S/C16H21FN2O2/c1-4-16(5-2)15(21)19(11(3)14(20)18-16)10-12-6-8-13(17)9-7-12/h6-9,11H,4-5,10H2,1-3H3,(H,18,20). The lowest BCUT2D eigenvalue weighted by Gasteiger charge is -2.44. The van der Waals surface area contributed by atoms with Gasteiger partial charge in [0.1, 0.15) is 17.4 Å². The minimum Gasteiger partial charge on any atom is -0.340 e. The maximum absolute atomic E-state index is 13.0. The van der Waals surface area contributed by atoms with E-state index < -0.39 is 11.6 Å². The molecule has 1 N–H and O–H groups in total. The van der Waals surface area contributed by atoms with E-state index in [1.54, 1.807) is 24.0 Å². The van der Waals surface area contributed by atoms with Gasteiger partial charge in [0.15, 0.2) is 0 Å². The second-order valence-electron chi connectivity index (χ2n) is 5.51. The van der Waals surface area contributed by atoms with Crippen molar-refractivity contribution in [3.63, 3.8) is 0 Å². The summed E-state index contributed by atoms with van der Waals surface area (Å²) in [5.41, 5.74) is -0.00344. The van der Waals surface area contributed by atoms with Gasteiger partial charge in [0, 0.05) is 6.54 Å². The summed E-state index contributed by atoms with van der Waals surface area (Å²) in [6.45, 7) is 5.82. The number of hydrogen-bond acceptors (Lipinski definition) is 2.